The second-order valence-corrected chi connectivity index (χ2v) is 9.56. The first-order chi connectivity index (χ1) is 16.5. The van der Waals surface area contributed by atoms with Crippen LogP contribution in [0.15, 0.2) is 103 Å². The number of fused-ring (bicyclic) bond motifs is 2. The van der Waals surface area contributed by atoms with Crippen LogP contribution in [0.5, 0.6) is 0 Å². The molecule has 3 nitrogen and oxygen atoms in total. The topological polar surface area (TPSA) is 18.5 Å². The molecule has 0 spiro atoms. The third-order valence-corrected chi connectivity index (χ3v) is 7.27. The van der Waals surface area contributed by atoms with Gasteiger partial charge >= 0.3 is 0 Å². The molecule has 1 atom stereocenters. The van der Waals surface area contributed by atoms with Crippen LogP contribution in [0.2, 0.25) is 0 Å². The molecule has 0 radical (unpaired) electrons. The van der Waals surface area contributed by atoms with Crippen molar-refractivity contribution in [1.82, 2.24) is 0 Å². The summed E-state index contributed by atoms with van der Waals surface area (Å²) in [5.74, 6) is 1.23. The van der Waals surface area contributed by atoms with E-state index in [1.807, 2.05) is 7.05 Å². The highest BCUT2D eigenvalue weighted by Gasteiger charge is 2.32. The first-order valence-electron chi connectivity index (χ1n) is 12.0. The summed E-state index contributed by atoms with van der Waals surface area (Å²) in [5, 5.41) is 6.10. The highest BCUT2D eigenvalue weighted by molar-refractivity contribution is 5.91. The van der Waals surface area contributed by atoms with Crippen LogP contribution in [0.3, 0.4) is 0 Å². The van der Waals surface area contributed by atoms with Gasteiger partial charge in [0.15, 0.2) is 0 Å². The number of benzene rings is 4. The van der Waals surface area contributed by atoms with Crippen molar-refractivity contribution in [3.05, 3.63) is 114 Å². The molecule has 0 bridgehead atoms. The predicted octanol–water partition coefficient (Wildman–Crippen LogP) is 7.20. The van der Waals surface area contributed by atoms with E-state index in [4.69, 9.17) is 0 Å². The maximum atomic E-state index is 3.50. The van der Waals surface area contributed by atoms with Gasteiger partial charge in [-0.25, -0.2) is 0 Å². The second-order valence-electron chi connectivity index (χ2n) is 9.56. The SMILES string of the molecule is CNc1ccc2ccccc2c1C(C)(CC=C1N(C)c2ccccc2N1C)Cc1ccccc1. The van der Waals surface area contributed by atoms with Crippen LogP contribution in [0.1, 0.15) is 24.5 Å². The van der Waals surface area contributed by atoms with Gasteiger partial charge in [0.1, 0.15) is 5.82 Å². The summed E-state index contributed by atoms with van der Waals surface area (Å²) in [5.41, 5.74) is 6.34. The second kappa shape index (κ2) is 8.90. The number of para-hydroxylation sites is 2. The highest BCUT2D eigenvalue weighted by atomic mass is 15.4. The zero-order valence-electron chi connectivity index (χ0n) is 20.5. The molecule has 34 heavy (non-hydrogen) atoms. The third kappa shape index (κ3) is 3.81. The molecule has 0 amide bonds. The molecule has 3 heteroatoms. The highest BCUT2D eigenvalue weighted by Crippen LogP contribution is 2.44. The summed E-state index contributed by atoms with van der Waals surface area (Å²) in [6.07, 6.45) is 4.30. The minimum Gasteiger partial charge on any atom is -0.388 e. The lowest BCUT2D eigenvalue weighted by atomic mass is 9.72. The number of hydrogen-bond donors (Lipinski definition) is 1. The molecule has 0 saturated carbocycles. The summed E-state index contributed by atoms with van der Waals surface area (Å²) >= 11 is 0. The maximum Gasteiger partial charge on any atom is 0.108 e. The van der Waals surface area contributed by atoms with E-state index in [9.17, 15) is 0 Å². The monoisotopic (exact) mass is 447 g/mol. The largest absolute Gasteiger partial charge is 0.388 e. The van der Waals surface area contributed by atoms with Gasteiger partial charge in [0.05, 0.1) is 11.4 Å². The van der Waals surface area contributed by atoms with E-state index in [-0.39, 0.29) is 5.41 Å². The Morgan fingerprint density at radius 1 is 0.765 bits per heavy atom. The van der Waals surface area contributed by atoms with E-state index in [1.165, 1.54) is 44.8 Å². The van der Waals surface area contributed by atoms with E-state index in [0.29, 0.717) is 0 Å². The van der Waals surface area contributed by atoms with Crippen LogP contribution in [-0.2, 0) is 11.8 Å². The average molecular weight is 448 g/mol. The van der Waals surface area contributed by atoms with Gasteiger partial charge < -0.3 is 15.1 Å². The zero-order valence-corrected chi connectivity index (χ0v) is 20.5. The van der Waals surface area contributed by atoms with Crippen molar-refractivity contribution in [2.75, 3.05) is 36.3 Å². The van der Waals surface area contributed by atoms with E-state index in [2.05, 4.69) is 133 Å². The van der Waals surface area contributed by atoms with E-state index in [1.54, 1.807) is 0 Å². The fraction of sp³-hybridized carbons (Fsp3) is 0.226. The molecule has 0 saturated heterocycles. The molecule has 1 N–H and O–H groups in total. The summed E-state index contributed by atoms with van der Waals surface area (Å²) < 4.78 is 0. The molecule has 172 valence electrons. The van der Waals surface area contributed by atoms with Crippen molar-refractivity contribution in [2.45, 2.75) is 25.2 Å². The number of hydrogen-bond acceptors (Lipinski definition) is 3. The molecule has 1 aliphatic rings. The van der Waals surface area contributed by atoms with E-state index < -0.39 is 0 Å². The summed E-state index contributed by atoms with van der Waals surface area (Å²) in [4.78, 5) is 4.61. The molecular weight excluding hydrogens is 414 g/mol. The van der Waals surface area contributed by atoms with Gasteiger partial charge in [-0.05, 0) is 59.0 Å². The minimum atomic E-state index is -0.107. The number of nitrogens with one attached hydrogen (secondary N) is 1. The molecule has 4 aromatic carbocycles. The van der Waals surface area contributed by atoms with Crippen LogP contribution >= 0.6 is 0 Å². The van der Waals surface area contributed by atoms with Crippen LogP contribution in [0.4, 0.5) is 17.1 Å². The Balaban J connectivity index is 1.63. The van der Waals surface area contributed by atoms with Gasteiger partial charge in [-0.2, -0.15) is 0 Å². The summed E-state index contributed by atoms with van der Waals surface area (Å²) in [6.45, 7) is 2.42. The van der Waals surface area contributed by atoms with E-state index in [0.717, 1.165) is 12.8 Å². The maximum absolute atomic E-state index is 3.50. The third-order valence-electron chi connectivity index (χ3n) is 7.27. The average Bonchev–Trinajstić information content (AvgIpc) is 3.12. The van der Waals surface area contributed by atoms with Crippen molar-refractivity contribution < 1.29 is 0 Å². The number of nitrogens with zero attached hydrogens (tertiary/aromatic N) is 2. The van der Waals surface area contributed by atoms with Crippen molar-refractivity contribution >= 4 is 27.8 Å². The van der Waals surface area contributed by atoms with Gasteiger partial charge in [-0.3, -0.25) is 0 Å². The molecule has 1 aliphatic heterocycles. The van der Waals surface area contributed by atoms with Crippen LogP contribution < -0.4 is 15.1 Å². The smallest absolute Gasteiger partial charge is 0.108 e. The Morgan fingerprint density at radius 2 is 1.38 bits per heavy atom. The van der Waals surface area contributed by atoms with Gasteiger partial charge in [-0.1, -0.05) is 79.7 Å². The first-order valence-corrected chi connectivity index (χ1v) is 12.0. The Kier molecular flexibility index (Phi) is 5.79. The lowest BCUT2D eigenvalue weighted by Crippen LogP contribution is -2.28. The van der Waals surface area contributed by atoms with Crippen molar-refractivity contribution in [1.29, 1.82) is 0 Å². The molecule has 0 fully saturated rings. The van der Waals surface area contributed by atoms with Crippen LogP contribution in [-0.4, -0.2) is 21.1 Å². The van der Waals surface area contributed by atoms with Crippen LogP contribution in [0, 0.1) is 0 Å². The number of anilines is 3. The van der Waals surface area contributed by atoms with Gasteiger partial charge in [0.2, 0.25) is 0 Å². The van der Waals surface area contributed by atoms with Crippen molar-refractivity contribution in [3.8, 4) is 0 Å². The van der Waals surface area contributed by atoms with Crippen molar-refractivity contribution in [3.63, 3.8) is 0 Å². The number of allylic oxidation sites excluding steroid dienone is 1. The lowest BCUT2D eigenvalue weighted by molar-refractivity contribution is 0.479. The first kappa shape index (κ1) is 22.1. The molecule has 1 unspecified atom stereocenters. The Labute approximate surface area is 203 Å². The Hall–Kier alpha value is -3.72. The van der Waals surface area contributed by atoms with Crippen LogP contribution in [0.25, 0.3) is 10.8 Å². The molecule has 0 aromatic heterocycles. The van der Waals surface area contributed by atoms with Gasteiger partial charge in [0.25, 0.3) is 0 Å². The normalized spacial score (nSPS) is 14.8. The Morgan fingerprint density at radius 3 is 2.06 bits per heavy atom. The Bertz CT molecular complexity index is 1310. The molecular formula is C31H33N3. The quantitative estimate of drug-likeness (QED) is 0.337. The fourth-order valence-electron chi connectivity index (χ4n) is 5.53. The zero-order chi connectivity index (χ0) is 23.7. The standard InChI is InChI=1S/C31H33N3/c1-31(22-23-12-6-5-7-13-23,30-25-15-9-8-14-24(25)18-19-26(30)32-2)21-20-29-33(3)27-16-10-11-17-28(27)34(29)4/h5-20,32H,21-22H2,1-4H3. The summed E-state index contributed by atoms with van der Waals surface area (Å²) in [7, 11) is 6.36. The molecule has 1 heterocycles. The van der Waals surface area contributed by atoms with Crippen molar-refractivity contribution in [2.24, 2.45) is 0 Å². The molecule has 4 aromatic rings. The fourth-order valence-corrected chi connectivity index (χ4v) is 5.53. The minimum absolute atomic E-state index is 0.107. The van der Waals surface area contributed by atoms with Gasteiger partial charge in [0, 0.05) is 32.2 Å². The predicted molar refractivity (Wildman–Crippen MR) is 147 cm³/mol. The molecule has 5 rings (SSSR count). The number of rotatable bonds is 6. The summed E-state index contributed by atoms with van der Waals surface area (Å²) in [6, 6.07) is 32.7. The molecule has 0 aliphatic carbocycles. The lowest BCUT2D eigenvalue weighted by Gasteiger charge is -2.34. The van der Waals surface area contributed by atoms with Gasteiger partial charge in [-0.15, -0.1) is 0 Å². The van der Waals surface area contributed by atoms with E-state index >= 15 is 0 Å².